The van der Waals surface area contributed by atoms with Gasteiger partial charge < -0.3 is 10.1 Å². The second kappa shape index (κ2) is 8.36. The number of halogens is 2. The highest BCUT2D eigenvalue weighted by molar-refractivity contribution is 5.63. The molecule has 0 unspecified atom stereocenters. The third-order valence-corrected chi connectivity index (χ3v) is 4.03. The monoisotopic (exact) mass is 404 g/mol. The van der Waals surface area contributed by atoms with E-state index in [-0.39, 0.29) is 11.4 Å². The molecule has 0 radical (unpaired) electrons. The van der Waals surface area contributed by atoms with E-state index in [2.05, 4.69) is 26.5 Å². The van der Waals surface area contributed by atoms with E-state index >= 15 is 0 Å². The average molecular weight is 404 g/mol. The number of nitriles is 1. The van der Waals surface area contributed by atoms with E-state index in [4.69, 9.17) is 10.00 Å². The van der Waals surface area contributed by atoms with Gasteiger partial charge in [-0.2, -0.15) is 19.1 Å². The van der Waals surface area contributed by atoms with Crippen molar-refractivity contribution in [3.63, 3.8) is 0 Å². The number of rotatable bonds is 6. The topological polar surface area (TPSA) is 88.6 Å². The third kappa shape index (κ3) is 4.23. The molecule has 0 saturated carbocycles. The minimum atomic E-state index is -2.81. The lowest BCUT2D eigenvalue weighted by Crippen LogP contribution is -1.98. The molecule has 7 nitrogen and oxygen atoms in total. The van der Waals surface area contributed by atoms with Gasteiger partial charge in [0.15, 0.2) is 11.4 Å². The van der Waals surface area contributed by atoms with Crippen molar-refractivity contribution < 1.29 is 13.5 Å². The Labute approximate surface area is 170 Å². The highest BCUT2D eigenvalue weighted by Gasteiger charge is 2.18. The van der Waals surface area contributed by atoms with E-state index in [0.29, 0.717) is 33.2 Å². The van der Waals surface area contributed by atoms with Gasteiger partial charge in [-0.15, -0.1) is 0 Å². The second-order valence-electron chi connectivity index (χ2n) is 6.11. The van der Waals surface area contributed by atoms with Crippen molar-refractivity contribution >= 4 is 11.5 Å². The molecule has 3 aromatic heterocycles. The zero-order valence-electron chi connectivity index (χ0n) is 15.4. The fourth-order valence-corrected chi connectivity index (χ4v) is 2.71. The SMILES string of the molecule is N#Cc1cccc(Nc2cc(Oc3cn(C(F)F)nc3-c3ccccn3)ccn2)c1. The molecule has 30 heavy (non-hydrogen) atoms. The molecule has 0 aliphatic heterocycles. The molecular weight excluding hydrogens is 390 g/mol. The van der Waals surface area contributed by atoms with Gasteiger partial charge in [0.25, 0.3) is 0 Å². The van der Waals surface area contributed by atoms with Gasteiger partial charge in [0.1, 0.15) is 11.6 Å². The van der Waals surface area contributed by atoms with Crippen molar-refractivity contribution in [3.8, 4) is 29.0 Å². The Bertz CT molecular complexity index is 1200. The number of ether oxygens (including phenoxy) is 1. The van der Waals surface area contributed by atoms with Crippen molar-refractivity contribution in [3.05, 3.63) is 78.8 Å². The Morgan fingerprint density at radius 2 is 1.93 bits per heavy atom. The Kier molecular flexibility index (Phi) is 5.30. The molecule has 0 aliphatic carbocycles. The van der Waals surface area contributed by atoms with E-state index in [9.17, 15) is 8.78 Å². The van der Waals surface area contributed by atoms with E-state index in [1.54, 1.807) is 60.8 Å². The summed E-state index contributed by atoms with van der Waals surface area (Å²) < 4.78 is 32.7. The summed E-state index contributed by atoms with van der Waals surface area (Å²) in [7, 11) is 0. The summed E-state index contributed by atoms with van der Waals surface area (Å²) in [5.74, 6) is 0.968. The van der Waals surface area contributed by atoms with Gasteiger partial charge in [0, 0.05) is 24.1 Å². The quantitative estimate of drug-likeness (QED) is 0.479. The minimum absolute atomic E-state index is 0.137. The van der Waals surface area contributed by atoms with Crippen LogP contribution in [0.1, 0.15) is 12.1 Å². The lowest BCUT2D eigenvalue weighted by Gasteiger charge is -2.09. The predicted octanol–water partition coefficient (Wildman–Crippen LogP) is 5.14. The Morgan fingerprint density at radius 1 is 1.03 bits per heavy atom. The first-order chi connectivity index (χ1) is 14.6. The van der Waals surface area contributed by atoms with Gasteiger partial charge in [0.05, 0.1) is 23.5 Å². The summed E-state index contributed by atoms with van der Waals surface area (Å²) >= 11 is 0. The van der Waals surface area contributed by atoms with Gasteiger partial charge in [0.2, 0.25) is 0 Å². The van der Waals surface area contributed by atoms with Crippen LogP contribution in [-0.2, 0) is 0 Å². The molecule has 4 aromatic rings. The molecule has 0 atom stereocenters. The number of aromatic nitrogens is 4. The summed E-state index contributed by atoms with van der Waals surface area (Å²) in [6.45, 7) is -2.81. The highest BCUT2D eigenvalue weighted by Crippen LogP contribution is 2.33. The number of benzene rings is 1. The highest BCUT2D eigenvalue weighted by atomic mass is 19.3. The molecule has 0 amide bonds. The molecule has 148 valence electrons. The van der Waals surface area contributed by atoms with E-state index < -0.39 is 6.55 Å². The van der Waals surface area contributed by atoms with Gasteiger partial charge in [-0.3, -0.25) is 4.98 Å². The Balaban J connectivity index is 1.62. The van der Waals surface area contributed by atoms with Gasteiger partial charge in [-0.1, -0.05) is 12.1 Å². The zero-order valence-corrected chi connectivity index (χ0v) is 15.4. The van der Waals surface area contributed by atoms with Crippen LogP contribution in [0, 0.1) is 11.3 Å². The zero-order chi connectivity index (χ0) is 20.9. The molecule has 0 saturated heterocycles. The lowest BCUT2D eigenvalue weighted by molar-refractivity contribution is 0.0566. The maximum absolute atomic E-state index is 13.2. The smallest absolute Gasteiger partial charge is 0.333 e. The summed E-state index contributed by atoms with van der Waals surface area (Å²) in [5.41, 5.74) is 1.79. The van der Waals surface area contributed by atoms with Crippen LogP contribution in [0.3, 0.4) is 0 Å². The average Bonchev–Trinajstić information content (AvgIpc) is 3.19. The van der Waals surface area contributed by atoms with E-state index in [1.165, 1.54) is 6.20 Å². The first kappa shape index (κ1) is 19.0. The van der Waals surface area contributed by atoms with Crippen LogP contribution < -0.4 is 10.1 Å². The predicted molar refractivity (Wildman–Crippen MR) is 105 cm³/mol. The number of hydrogen-bond donors (Lipinski definition) is 1. The number of nitrogens with zero attached hydrogens (tertiary/aromatic N) is 5. The standard InChI is InChI=1S/C21H14F2N6O/c22-21(23)29-13-18(20(28-29)17-6-1-2-8-25-17)30-16-7-9-26-19(11-16)27-15-5-3-4-14(10-15)12-24/h1-11,13,21H,(H,26,27). The Hall–Kier alpha value is -4.32. The van der Waals surface area contributed by atoms with E-state index in [0.717, 1.165) is 6.20 Å². The van der Waals surface area contributed by atoms with Crippen molar-refractivity contribution in [1.82, 2.24) is 19.7 Å². The van der Waals surface area contributed by atoms with Crippen LogP contribution in [-0.4, -0.2) is 19.7 Å². The number of alkyl halides is 2. The van der Waals surface area contributed by atoms with Crippen molar-refractivity contribution in [2.24, 2.45) is 0 Å². The summed E-state index contributed by atoms with van der Waals surface area (Å²) in [4.78, 5) is 8.38. The first-order valence-corrected chi connectivity index (χ1v) is 8.82. The fourth-order valence-electron chi connectivity index (χ4n) is 2.71. The fraction of sp³-hybridized carbons (Fsp3) is 0.0476. The maximum atomic E-state index is 13.2. The first-order valence-electron chi connectivity index (χ1n) is 8.82. The van der Waals surface area contributed by atoms with Crippen molar-refractivity contribution in [2.75, 3.05) is 5.32 Å². The Morgan fingerprint density at radius 3 is 2.70 bits per heavy atom. The largest absolute Gasteiger partial charge is 0.453 e. The normalized spacial score (nSPS) is 10.6. The second-order valence-corrected chi connectivity index (χ2v) is 6.11. The van der Waals surface area contributed by atoms with Crippen LogP contribution in [0.15, 0.2) is 73.2 Å². The third-order valence-electron chi connectivity index (χ3n) is 4.03. The molecule has 0 fully saturated rings. The summed E-state index contributed by atoms with van der Waals surface area (Å²) in [6.07, 6.45) is 4.19. The van der Waals surface area contributed by atoms with Crippen molar-refractivity contribution in [1.29, 1.82) is 5.26 Å². The van der Waals surface area contributed by atoms with Crippen LogP contribution in [0.2, 0.25) is 0 Å². The molecule has 1 N–H and O–H groups in total. The maximum Gasteiger partial charge on any atom is 0.333 e. The molecule has 3 heterocycles. The van der Waals surface area contributed by atoms with Crippen LogP contribution >= 0.6 is 0 Å². The van der Waals surface area contributed by atoms with Crippen LogP contribution in [0.5, 0.6) is 11.5 Å². The number of nitrogens with one attached hydrogen (secondary N) is 1. The molecule has 0 aliphatic rings. The molecule has 0 bridgehead atoms. The summed E-state index contributed by atoms with van der Waals surface area (Å²) in [6, 6.07) is 17.3. The lowest BCUT2D eigenvalue weighted by atomic mass is 10.2. The number of anilines is 2. The molecule has 1 aromatic carbocycles. The van der Waals surface area contributed by atoms with Gasteiger partial charge >= 0.3 is 6.55 Å². The van der Waals surface area contributed by atoms with Gasteiger partial charge in [-0.25, -0.2) is 9.67 Å². The van der Waals surface area contributed by atoms with Gasteiger partial charge in [-0.05, 0) is 36.4 Å². The molecule has 9 heteroatoms. The van der Waals surface area contributed by atoms with Crippen molar-refractivity contribution in [2.45, 2.75) is 6.55 Å². The molecular formula is C21H14F2N6O. The molecule has 4 rings (SSSR count). The number of pyridine rings is 2. The van der Waals surface area contributed by atoms with Crippen LogP contribution in [0.4, 0.5) is 20.3 Å². The van der Waals surface area contributed by atoms with E-state index in [1.807, 2.05) is 0 Å². The molecule has 0 spiro atoms. The minimum Gasteiger partial charge on any atom is -0.453 e. The number of hydrogen-bond acceptors (Lipinski definition) is 6. The van der Waals surface area contributed by atoms with Crippen LogP contribution in [0.25, 0.3) is 11.4 Å². The summed E-state index contributed by atoms with van der Waals surface area (Å²) in [5, 5.41) is 16.0.